The third-order valence-corrected chi connectivity index (χ3v) is 7.00. The molecule has 2 nitrogen and oxygen atoms in total. The zero-order chi connectivity index (χ0) is 19.6. The van der Waals surface area contributed by atoms with Crippen LogP contribution in [0.4, 0.5) is 0 Å². The van der Waals surface area contributed by atoms with Crippen molar-refractivity contribution in [1.29, 1.82) is 5.26 Å². The first-order valence-corrected chi connectivity index (χ1v) is 11.5. The second-order valence-electron chi connectivity index (χ2n) is 8.90. The van der Waals surface area contributed by atoms with E-state index >= 15 is 0 Å². The Morgan fingerprint density at radius 2 is 1.64 bits per heavy atom. The SMILES string of the molecule is CCc1ccc([C@H]2CC[C@H](OC[C@H]3CC[C@H](CC/C=C/C#N)CC3)CC2)cc1. The summed E-state index contributed by atoms with van der Waals surface area (Å²) in [6.07, 6.45) is 17.9. The van der Waals surface area contributed by atoms with E-state index in [4.69, 9.17) is 10.00 Å². The van der Waals surface area contributed by atoms with E-state index in [1.165, 1.54) is 68.9 Å². The van der Waals surface area contributed by atoms with Gasteiger partial charge in [0.1, 0.15) is 0 Å². The molecular formula is C26H37NO. The Balaban J connectivity index is 1.30. The van der Waals surface area contributed by atoms with E-state index in [1.807, 2.05) is 6.08 Å². The van der Waals surface area contributed by atoms with E-state index in [0.717, 1.165) is 37.2 Å². The second kappa shape index (κ2) is 11.4. The molecule has 2 heteroatoms. The number of ether oxygens (including phenoxy) is 1. The highest BCUT2D eigenvalue weighted by atomic mass is 16.5. The highest BCUT2D eigenvalue weighted by Crippen LogP contribution is 2.36. The predicted octanol–water partition coefficient (Wildman–Crippen LogP) is 6.96. The zero-order valence-corrected chi connectivity index (χ0v) is 17.6. The van der Waals surface area contributed by atoms with Crippen molar-refractivity contribution in [3.8, 4) is 6.07 Å². The van der Waals surface area contributed by atoms with Crippen molar-refractivity contribution in [2.75, 3.05) is 6.61 Å². The van der Waals surface area contributed by atoms with Gasteiger partial charge in [0.25, 0.3) is 0 Å². The van der Waals surface area contributed by atoms with Gasteiger partial charge in [0, 0.05) is 12.7 Å². The summed E-state index contributed by atoms with van der Waals surface area (Å²) >= 11 is 0. The Labute approximate surface area is 172 Å². The van der Waals surface area contributed by atoms with Gasteiger partial charge in [0.05, 0.1) is 12.2 Å². The van der Waals surface area contributed by atoms with E-state index in [1.54, 1.807) is 6.08 Å². The van der Waals surface area contributed by atoms with Gasteiger partial charge < -0.3 is 4.74 Å². The molecule has 152 valence electrons. The molecule has 0 amide bonds. The first-order chi connectivity index (χ1) is 13.8. The van der Waals surface area contributed by atoms with Crippen LogP contribution >= 0.6 is 0 Å². The smallest absolute Gasteiger partial charge is 0.0908 e. The second-order valence-corrected chi connectivity index (χ2v) is 8.90. The molecule has 0 bridgehead atoms. The Bertz CT molecular complexity index is 625. The fourth-order valence-corrected chi connectivity index (χ4v) is 5.02. The predicted molar refractivity (Wildman–Crippen MR) is 116 cm³/mol. The Kier molecular flexibility index (Phi) is 8.62. The lowest BCUT2D eigenvalue weighted by Gasteiger charge is -2.32. The van der Waals surface area contributed by atoms with Crippen LogP contribution in [0.15, 0.2) is 36.4 Å². The fourth-order valence-electron chi connectivity index (χ4n) is 5.02. The monoisotopic (exact) mass is 379 g/mol. The van der Waals surface area contributed by atoms with Gasteiger partial charge in [-0.25, -0.2) is 0 Å². The summed E-state index contributed by atoms with van der Waals surface area (Å²) in [5.74, 6) is 2.36. The van der Waals surface area contributed by atoms with Crippen molar-refractivity contribution in [3.63, 3.8) is 0 Å². The summed E-state index contributed by atoms with van der Waals surface area (Å²) in [5, 5.41) is 8.55. The number of rotatable bonds is 8. The van der Waals surface area contributed by atoms with E-state index in [-0.39, 0.29) is 0 Å². The summed E-state index contributed by atoms with van der Waals surface area (Å²) in [4.78, 5) is 0. The Hall–Kier alpha value is -1.59. The van der Waals surface area contributed by atoms with E-state index in [2.05, 4.69) is 37.3 Å². The van der Waals surface area contributed by atoms with Crippen LogP contribution in [-0.4, -0.2) is 12.7 Å². The highest BCUT2D eigenvalue weighted by Gasteiger charge is 2.25. The molecule has 1 aromatic rings. The average Bonchev–Trinajstić information content (AvgIpc) is 2.76. The van der Waals surface area contributed by atoms with Gasteiger partial charge in [-0.2, -0.15) is 5.26 Å². The van der Waals surface area contributed by atoms with Crippen LogP contribution in [0.2, 0.25) is 0 Å². The normalized spacial score (nSPS) is 28.3. The molecule has 0 saturated heterocycles. The van der Waals surface area contributed by atoms with Crippen molar-refractivity contribution in [2.45, 2.75) is 89.6 Å². The molecule has 0 unspecified atom stereocenters. The maximum atomic E-state index is 8.55. The maximum absolute atomic E-state index is 8.55. The van der Waals surface area contributed by atoms with Crippen LogP contribution in [0, 0.1) is 23.2 Å². The Morgan fingerprint density at radius 1 is 0.964 bits per heavy atom. The number of nitriles is 1. The molecule has 2 fully saturated rings. The van der Waals surface area contributed by atoms with Crippen molar-refractivity contribution in [1.82, 2.24) is 0 Å². The molecule has 2 aliphatic carbocycles. The van der Waals surface area contributed by atoms with Crippen molar-refractivity contribution in [3.05, 3.63) is 47.5 Å². The summed E-state index contributed by atoms with van der Waals surface area (Å²) in [6.45, 7) is 3.19. The van der Waals surface area contributed by atoms with Crippen molar-refractivity contribution in [2.24, 2.45) is 11.8 Å². The first kappa shape index (κ1) is 21.1. The van der Waals surface area contributed by atoms with Crippen molar-refractivity contribution >= 4 is 0 Å². The van der Waals surface area contributed by atoms with Crippen LogP contribution in [0.5, 0.6) is 0 Å². The minimum atomic E-state index is 0.486. The third kappa shape index (κ3) is 6.49. The molecule has 2 saturated carbocycles. The molecular weight excluding hydrogens is 342 g/mol. The average molecular weight is 380 g/mol. The molecule has 0 N–H and O–H groups in total. The number of hydrogen-bond acceptors (Lipinski definition) is 2. The van der Waals surface area contributed by atoms with Gasteiger partial charge in [0.2, 0.25) is 0 Å². The number of allylic oxidation sites excluding steroid dienone is 2. The number of nitrogens with zero attached hydrogens (tertiary/aromatic N) is 1. The van der Waals surface area contributed by atoms with E-state index in [0.29, 0.717) is 6.10 Å². The lowest BCUT2D eigenvalue weighted by molar-refractivity contribution is -0.00474. The van der Waals surface area contributed by atoms with Gasteiger partial charge in [0.15, 0.2) is 0 Å². The minimum Gasteiger partial charge on any atom is -0.378 e. The first-order valence-electron chi connectivity index (χ1n) is 11.5. The molecule has 0 heterocycles. The van der Waals surface area contributed by atoms with Gasteiger partial charge in [-0.1, -0.05) is 50.1 Å². The van der Waals surface area contributed by atoms with E-state index in [9.17, 15) is 0 Å². The van der Waals surface area contributed by atoms with Crippen molar-refractivity contribution < 1.29 is 4.74 Å². The molecule has 2 aliphatic rings. The largest absolute Gasteiger partial charge is 0.378 e. The molecule has 3 rings (SSSR count). The molecule has 1 aromatic carbocycles. The number of benzene rings is 1. The van der Waals surface area contributed by atoms with Crippen LogP contribution < -0.4 is 0 Å². The van der Waals surface area contributed by atoms with Crippen LogP contribution in [-0.2, 0) is 11.2 Å². The van der Waals surface area contributed by atoms with Gasteiger partial charge in [-0.15, -0.1) is 0 Å². The van der Waals surface area contributed by atoms with Crippen LogP contribution in [0.1, 0.15) is 88.2 Å². The summed E-state index contributed by atoms with van der Waals surface area (Å²) in [6, 6.07) is 11.4. The molecule has 0 aliphatic heterocycles. The quantitative estimate of drug-likeness (QED) is 0.457. The van der Waals surface area contributed by atoms with Gasteiger partial charge in [-0.05, 0) is 86.7 Å². The zero-order valence-electron chi connectivity index (χ0n) is 17.6. The third-order valence-electron chi connectivity index (χ3n) is 7.00. The lowest BCUT2D eigenvalue weighted by Crippen LogP contribution is -2.25. The molecule has 0 atom stereocenters. The highest BCUT2D eigenvalue weighted by molar-refractivity contribution is 5.25. The fraction of sp³-hybridized carbons (Fsp3) is 0.654. The number of hydrogen-bond donors (Lipinski definition) is 0. The summed E-state index contributed by atoms with van der Waals surface area (Å²) in [5.41, 5.74) is 2.97. The van der Waals surface area contributed by atoms with Gasteiger partial charge >= 0.3 is 0 Å². The molecule has 0 aromatic heterocycles. The molecule has 0 radical (unpaired) electrons. The number of aryl methyl sites for hydroxylation is 1. The maximum Gasteiger partial charge on any atom is 0.0908 e. The summed E-state index contributed by atoms with van der Waals surface area (Å²) in [7, 11) is 0. The van der Waals surface area contributed by atoms with E-state index < -0.39 is 0 Å². The van der Waals surface area contributed by atoms with Crippen LogP contribution in [0.25, 0.3) is 0 Å². The topological polar surface area (TPSA) is 33.0 Å². The minimum absolute atomic E-state index is 0.486. The lowest BCUT2D eigenvalue weighted by atomic mass is 9.80. The summed E-state index contributed by atoms with van der Waals surface area (Å²) < 4.78 is 6.34. The van der Waals surface area contributed by atoms with Gasteiger partial charge in [-0.3, -0.25) is 0 Å². The Morgan fingerprint density at radius 3 is 2.29 bits per heavy atom. The van der Waals surface area contributed by atoms with Crippen LogP contribution in [0.3, 0.4) is 0 Å². The molecule has 0 spiro atoms. The standard InChI is InChI=1S/C26H37NO/c1-2-21-11-13-24(14-12-21)25-15-17-26(18-16-25)28-20-23-9-7-22(8-10-23)6-4-3-5-19-27/h3,5,11-14,22-23,25-26H,2,4,6-10,15-18,20H2,1H3/b5-3+/t22-,23-,25-,26-. The molecule has 28 heavy (non-hydrogen) atoms.